The Hall–Kier alpha value is -3.28. The summed E-state index contributed by atoms with van der Waals surface area (Å²) in [6, 6.07) is 12.5. The van der Waals surface area contributed by atoms with Crippen LogP contribution in [0.3, 0.4) is 0 Å². The zero-order chi connectivity index (χ0) is 16.5. The van der Waals surface area contributed by atoms with Crippen LogP contribution >= 0.6 is 0 Å². The van der Waals surface area contributed by atoms with Gasteiger partial charge in [-0.1, -0.05) is 30.3 Å². The third kappa shape index (κ3) is 2.48. The Balaban J connectivity index is 1.86. The number of fused-ring (bicyclic) bond motifs is 1. The number of nitrogens with zero attached hydrogens (tertiary/aromatic N) is 3. The quantitative estimate of drug-likeness (QED) is 0.631. The molecule has 0 aliphatic rings. The van der Waals surface area contributed by atoms with Crippen LogP contribution in [0.15, 0.2) is 66.0 Å². The van der Waals surface area contributed by atoms with E-state index in [1.165, 1.54) is 29.2 Å². The van der Waals surface area contributed by atoms with Crippen LogP contribution in [0.5, 0.6) is 0 Å². The van der Waals surface area contributed by atoms with Gasteiger partial charge in [0, 0.05) is 23.4 Å². The van der Waals surface area contributed by atoms with Crippen molar-refractivity contribution in [1.82, 2.24) is 19.7 Å². The number of hydrogen-bond acceptors (Lipinski definition) is 3. The molecule has 6 heteroatoms. The molecule has 24 heavy (non-hydrogen) atoms. The molecule has 0 atom stereocenters. The summed E-state index contributed by atoms with van der Waals surface area (Å²) < 4.78 is 15.8. The van der Waals surface area contributed by atoms with E-state index in [0.29, 0.717) is 28.6 Å². The molecule has 118 valence electrons. The standard InChI is InChI=1S/C18H13FN4O/c19-16-7-17-15(6-14(16)13-8-21-22-9-13)18(24)23(11-20-17)10-12-4-2-1-3-5-12/h1-9,11H,10H2,(H,21,22). The van der Waals surface area contributed by atoms with Crippen LogP contribution in [0.1, 0.15) is 5.56 Å². The zero-order valence-corrected chi connectivity index (χ0v) is 12.6. The number of hydrogen-bond donors (Lipinski definition) is 1. The Morgan fingerprint density at radius 3 is 2.75 bits per heavy atom. The van der Waals surface area contributed by atoms with E-state index in [0.717, 1.165) is 5.56 Å². The molecule has 2 heterocycles. The molecule has 0 saturated heterocycles. The molecule has 5 nitrogen and oxygen atoms in total. The number of H-pyrrole nitrogens is 1. The fourth-order valence-electron chi connectivity index (χ4n) is 2.69. The molecule has 2 aromatic heterocycles. The Kier molecular flexibility index (Phi) is 3.42. The first-order valence-electron chi connectivity index (χ1n) is 7.44. The normalized spacial score (nSPS) is 11.0. The molecule has 4 rings (SSSR count). The van der Waals surface area contributed by atoms with Gasteiger partial charge in [0.2, 0.25) is 0 Å². The maximum atomic E-state index is 14.3. The Morgan fingerprint density at radius 1 is 1.17 bits per heavy atom. The molecule has 4 aromatic rings. The van der Waals surface area contributed by atoms with Crippen molar-refractivity contribution in [3.05, 3.63) is 82.9 Å². The molecule has 0 spiro atoms. The fraction of sp³-hybridized carbons (Fsp3) is 0.0556. The highest BCUT2D eigenvalue weighted by Crippen LogP contribution is 2.24. The second-order valence-corrected chi connectivity index (χ2v) is 5.50. The Morgan fingerprint density at radius 2 is 2.00 bits per heavy atom. The summed E-state index contributed by atoms with van der Waals surface area (Å²) in [4.78, 5) is 17.0. The topological polar surface area (TPSA) is 63.6 Å². The monoisotopic (exact) mass is 320 g/mol. The van der Waals surface area contributed by atoms with Crippen molar-refractivity contribution in [2.75, 3.05) is 0 Å². The van der Waals surface area contributed by atoms with Gasteiger partial charge < -0.3 is 0 Å². The van der Waals surface area contributed by atoms with Crippen molar-refractivity contribution in [3.63, 3.8) is 0 Å². The van der Waals surface area contributed by atoms with Crippen molar-refractivity contribution in [3.8, 4) is 11.1 Å². The summed E-state index contributed by atoms with van der Waals surface area (Å²) in [5, 5.41) is 6.85. The molecular weight excluding hydrogens is 307 g/mol. The first kappa shape index (κ1) is 14.3. The number of aromatic nitrogens is 4. The molecule has 0 aliphatic carbocycles. The predicted molar refractivity (Wildman–Crippen MR) is 89.1 cm³/mol. The lowest BCUT2D eigenvalue weighted by molar-refractivity contribution is 0.632. The highest BCUT2D eigenvalue weighted by molar-refractivity contribution is 5.83. The third-order valence-electron chi connectivity index (χ3n) is 3.92. The minimum Gasteiger partial charge on any atom is -0.294 e. The zero-order valence-electron chi connectivity index (χ0n) is 12.6. The second kappa shape index (κ2) is 5.73. The van der Waals surface area contributed by atoms with Crippen LogP contribution in [0, 0.1) is 5.82 Å². The van der Waals surface area contributed by atoms with E-state index >= 15 is 0 Å². The summed E-state index contributed by atoms with van der Waals surface area (Å²) in [5.74, 6) is -0.434. The maximum absolute atomic E-state index is 14.3. The van der Waals surface area contributed by atoms with E-state index in [1.807, 2.05) is 30.3 Å². The molecule has 2 aromatic carbocycles. The molecular formula is C18H13FN4O. The van der Waals surface area contributed by atoms with Crippen molar-refractivity contribution in [1.29, 1.82) is 0 Å². The molecule has 0 radical (unpaired) electrons. The number of halogens is 1. The highest BCUT2D eigenvalue weighted by atomic mass is 19.1. The van der Waals surface area contributed by atoms with Crippen molar-refractivity contribution in [2.45, 2.75) is 6.54 Å². The molecule has 1 N–H and O–H groups in total. The second-order valence-electron chi connectivity index (χ2n) is 5.50. The van der Waals surface area contributed by atoms with Crippen molar-refractivity contribution >= 4 is 10.9 Å². The lowest BCUT2D eigenvalue weighted by atomic mass is 10.1. The van der Waals surface area contributed by atoms with Crippen LogP contribution < -0.4 is 5.56 Å². The number of rotatable bonds is 3. The lowest BCUT2D eigenvalue weighted by Gasteiger charge is -2.08. The molecule has 0 saturated carbocycles. The first-order chi connectivity index (χ1) is 11.7. The number of nitrogens with one attached hydrogen (secondary N) is 1. The maximum Gasteiger partial charge on any atom is 0.261 e. The average Bonchev–Trinajstić information content (AvgIpc) is 3.12. The van der Waals surface area contributed by atoms with Gasteiger partial charge in [-0.3, -0.25) is 14.5 Å². The van der Waals surface area contributed by atoms with E-state index in [1.54, 1.807) is 6.20 Å². The number of aromatic amines is 1. The summed E-state index contributed by atoms with van der Waals surface area (Å²) in [6.45, 7) is 0.418. The van der Waals surface area contributed by atoms with Gasteiger partial charge in [-0.2, -0.15) is 5.10 Å². The van der Waals surface area contributed by atoms with Crippen LogP contribution in [0.4, 0.5) is 4.39 Å². The van der Waals surface area contributed by atoms with Crippen LogP contribution in [-0.4, -0.2) is 19.7 Å². The smallest absolute Gasteiger partial charge is 0.261 e. The average molecular weight is 320 g/mol. The highest BCUT2D eigenvalue weighted by Gasteiger charge is 2.12. The van der Waals surface area contributed by atoms with Gasteiger partial charge in [0.1, 0.15) is 5.82 Å². The van der Waals surface area contributed by atoms with E-state index < -0.39 is 5.82 Å². The molecule has 0 fully saturated rings. The van der Waals surface area contributed by atoms with Gasteiger partial charge >= 0.3 is 0 Å². The molecule has 0 unspecified atom stereocenters. The minimum absolute atomic E-state index is 0.200. The summed E-state index contributed by atoms with van der Waals surface area (Å²) in [7, 11) is 0. The van der Waals surface area contributed by atoms with Gasteiger partial charge in [0.25, 0.3) is 5.56 Å². The fourth-order valence-corrected chi connectivity index (χ4v) is 2.69. The van der Waals surface area contributed by atoms with Gasteiger partial charge in [0.05, 0.1) is 30.0 Å². The SMILES string of the molecule is O=c1c2cc(-c3cn[nH]c3)c(F)cc2ncn1Cc1ccccc1. The predicted octanol–water partition coefficient (Wildman–Crippen LogP) is 2.97. The van der Waals surface area contributed by atoms with E-state index in [-0.39, 0.29) is 5.56 Å². The van der Waals surface area contributed by atoms with Crippen LogP contribution in [0.25, 0.3) is 22.0 Å². The molecule has 0 aliphatic heterocycles. The Bertz CT molecular complexity index is 1060. The minimum atomic E-state index is -0.434. The summed E-state index contributed by atoms with van der Waals surface area (Å²) >= 11 is 0. The van der Waals surface area contributed by atoms with E-state index in [2.05, 4.69) is 15.2 Å². The van der Waals surface area contributed by atoms with Gasteiger partial charge in [0.15, 0.2) is 0 Å². The molecule has 0 bridgehead atoms. The summed E-state index contributed by atoms with van der Waals surface area (Å²) in [5.41, 5.74) is 2.06. The molecule has 0 amide bonds. The lowest BCUT2D eigenvalue weighted by Crippen LogP contribution is -2.21. The van der Waals surface area contributed by atoms with Gasteiger partial charge in [-0.05, 0) is 11.6 Å². The van der Waals surface area contributed by atoms with Crippen LogP contribution in [-0.2, 0) is 6.54 Å². The van der Waals surface area contributed by atoms with Crippen molar-refractivity contribution in [2.24, 2.45) is 0 Å². The largest absolute Gasteiger partial charge is 0.294 e. The van der Waals surface area contributed by atoms with Gasteiger partial charge in [-0.25, -0.2) is 9.37 Å². The first-order valence-corrected chi connectivity index (χ1v) is 7.44. The van der Waals surface area contributed by atoms with Crippen LogP contribution in [0.2, 0.25) is 0 Å². The van der Waals surface area contributed by atoms with Gasteiger partial charge in [-0.15, -0.1) is 0 Å². The van der Waals surface area contributed by atoms with E-state index in [9.17, 15) is 9.18 Å². The third-order valence-corrected chi connectivity index (χ3v) is 3.92. The van der Waals surface area contributed by atoms with E-state index in [4.69, 9.17) is 0 Å². The summed E-state index contributed by atoms with van der Waals surface area (Å²) in [6.07, 6.45) is 4.56. The van der Waals surface area contributed by atoms with Crippen molar-refractivity contribution < 1.29 is 4.39 Å². The Labute approximate surface area is 136 Å². The number of benzene rings is 2.